The fourth-order valence-corrected chi connectivity index (χ4v) is 6.00. The molecule has 3 amide bonds. The zero-order valence-corrected chi connectivity index (χ0v) is 25.7. The predicted octanol–water partition coefficient (Wildman–Crippen LogP) is 5.74. The largest absolute Gasteiger partial charge is 0.497 e. The van der Waals surface area contributed by atoms with Crippen LogP contribution in [0.15, 0.2) is 115 Å². The van der Waals surface area contributed by atoms with Crippen LogP contribution in [-0.2, 0) is 28.0 Å². The highest BCUT2D eigenvalue weighted by Gasteiger charge is 2.43. The molecule has 45 heavy (non-hydrogen) atoms. The normalized spacial score (nSPS) is 15.2. The summed E-state index contributed by atoms with van der Waals surface area (Å²) in [6.45, 7) is 0. The molecule has 1 aliphatic rings. The molecule has 0 aliphatic heterocycles. The fourth-order valence-electron chi connectivity index (χ4n) is 6.00. The van der Waals surface area contributed by atoms with Crippen molar-refractivity contribution in [2.75, 3.05) is 7.11 Å². The average molecular weight is 604 g/mol. The Bertz CT molecular complexity index is 1540. The second kappa shape index (κ2) is 15.2. The number of carbonyl (C=O) groups is 3. The van der Waals surface area contributed by atoms with E-state index in [2.05, 4.69) is 16.0 Å². The van der Waals surface area contributed by atoms with E-state index in [1.54, 1.807) is 31.4 Å². The lowest BCUT2D eigenvalue weighted by atomic mass is 9.81. The van der Waals surface area contributed by atoms with E-state index in [4.69, 9.17) is 4.74 Å². The summed E-state index contributed by atoms with van der Waals surface area (Å²) in [5.74, 6) is -0.396. The first-order chi connectivity index (χ1) is 22.0. The van der Waals surface area contributed by atoms with E-state index in [1.807, 2.05) is 91.0 Å². The van der Waals surface area contributed by atoms with Crippen molar-refractivity contribution < 1.29 is 19.1 Å². The van der Waals surface area contributed by atoms with Crippen LogP contribution >= 0.6 is 0 Å². The lowest BCUT2D eigenvalue weighted by Gasteiger charge is -2.36. The SMILES string of the molecule is COc1ccc(C[C@](NC(=O)c2ccccc2)(C(=O)N[C@@H](Cc2ccccc2)C(=O)NC2CCCCC2)c2ccccc2)cc1. The Hall–Kier alpha value is -4.91. The third-order valence-electron chi connectivity index (χ3n) is 8.50. The number of nitrogens with one attached hydrogen (secondary N) is 3. The van der Waals surface area contributed by atoms with Gasteiger partial charge < -0.3 is 20.7 Å². The molecule has 3 N–H and O–H groups in total. The van der Waals surface area contributed by atoms with Gasteiger partial charge in [0.1, 0.15) is 17.3 Å². The van der Waals surface area contributed by atoms with Crippen LogP contribution in [0.25, 0.3) is 0 Å². The average Bonchev–Trinajstić information content (AvgIpc) is 3.09. The third-order valence-corrected chi connectivity index (χ3v) is 8.50. The van der Waals surface area contributed by atoms with Crippen molar-refractivity contribution in [3.63, 3.8) is 0 Å². The third kappa shape index (κ3) is 8.18. The van der Waals surface area contributed by atoms with Gasteiger partial charge in [-0.1, -0.05) is 110 Å². The van der Waals surface area contributed by atoms with E-state index >= 15 is 0 Å². The highest BCUT2D eigenvalue weighted by atomic mass is 16.5. The standard InChI is InChI=1S/C38H41N3O4/c1-45-33-24-22-29(23-25-33)27-38(31-18-10-4-11-19-31,41-35(42)30-16-8-3-9-17-30)37(44)40-34(26-28-14-6-2-7-15-28)36(43)39-32-20-12-5-13-21-32/h2-4,6-11,14-19,22-25,32,34H,5,12-13,20-21,26-27H2,1H3,(H,39,43)(H,40,44)(H,41,42)/t34-,38+/m0/s1. The minimum Gasteiger partial charge on any atom is -0.497 e. The molecule has 2 atom stereocenters. The molecule has 0 aromatic heterocycles. The number of carbonyl (C=O) groups excluding carboxylic acids is 3. The number of benzene rings is 4. The summed E-state index contributed by atoms with van der Waals surface area (Å²) < 4.78 is 5.36. The molecule has 5 rings (SSSR count). The smallest absolute Gasteiger partial charge is 0.252 e. The van der Waals surface area contributed by atoms with Crippen molar-refractivity contribution >= 4 is 17.7 Å². The Morgan fingerprint density at radius 1 is 0.756 bits per heavy atom. The van der Waals surface area contributed by atoms with Crippen LogP contribution in [0.4, 0.5) is 0 Å². The van der Waals surface area contributed by atoms with Crippen molar-refractivity contribution in [1.82, 2.24) is 16.0 Å². The van der Waals surface area contributed by atoms with E-state index < -0.39 is 23.4 Å². The molecule has 7 heteroatoms. The molecule has 1 fully saturated rings. The lowest BCUT2D eigenvalue weighted by Crippen LogP contribution is -2.61. The van der Waals surface area contributed by atoms with Gasteiger partial charge in [0.05, 0.1) is 7.11 Å². The van der Waals surface area contributed by atoms with E-state index in [0.717, 1.165) is 36.8 Å². The zero-order valence-electron chi connectivity index (χ0n) is 25.7. The lowest BCUT2D eigenvalue weighted by molar-refractivity contribution is -0.133. The van der Waals surface area contributed by atoms with Crippen LogP contribution in [0.3, 0.4) is 0 Å². The minimum atomic E-state index is -1.54. The van der Waals surface area contributed by atoms with Crippen LogP contribution in [0, 0.1) is 0 Å². The van der Waals surface area contributed by atoms with Crippen LogP contribution < -0.4 is 20.7 Å². The molecule has 1 aliphatic carbocycles. The van der Waals surface area contributed by atoms with E-state index in [-0.39, 0.29) is 18.4 Å². The number of rotatable bonds is 12. The van der Waals surface area contributed by atoms with Crippen molar-refractivity contribution in [3.05, 3.63) is 138 Å². The quantitative estimate of drug-likeness (QED) is 0.193. The van der Waals surface area contributed by atoms with Crippen molar-refractivity contribution in [3.8, 4) is 5.75 Å². The summed E-state index contributed by atoms with van der Waals surface area (Å²) in [6, 6.07) is 34.4. The van der Waals surface area contributed by atoms with E-state index in [0.29, 0.717) is 23.3 Å². The number of methoxy groups -OCH3 is 1. The summed E-state index contributed by atoms with van der Waals surface area (Å²) in [4.78, 5) is 42.5. The predicted molar refractivity (Wildman–Crippen MR) is 176 cm³/mol. The number of hydrogen-bond acceptors (Lipinski definition) is 4. The van der Waals surface area contributed by atoms with Gasteiger partial charge in [-0.3, -0.25) is 14.4 Å². The van der Waals surface area contributed by atoms with Gasteiger partial charge in [-0.25, -0.2) is 0 Å². The Kier molecular flexibility index (Phi) is 10.6. The fraction of sp³-hybridized carbons (Fsp3) is 0.289. The first-order valence-corrected chi connectivity index (χ1v) is 15.7. The molecule has 0 unspecified atom stereocenters. The molecular formula is C38H41N3O4. The van der Waals surface area contributed by atoms with Gasteiger partial charge in [-0.05, 0) is 53.8 Å². The van der Waals surface area contributed by atoms with Crippen LogP contribution in [0.2, 0.25) is 0 Å². The molecule has 7 nitrogen and oxygen atoms in total. The van der Waals surface area contributed by atoms with Crippen molar-refractivity contribution in [2.24, 2.45) is 0 Å². The van der Waals surface area contributed by atoms with Crippen LogP contribution in [-0.4, -0.2) is 36.9 Å². The van der Waals surface area contributed by atoms with Crippen LogP contribution in [0.5, 0.6) is 5.75 Å². The molecule has 4 aromatic carbocycles. The highest BCUT2D eigenvalue weighted by molar-refractivity contribution is 6.01. The second-order valence-electron chi connectivity index (χ2n) is 11.7. The van der Waals surface area contributed by atoms with Gasteiger partial charge in [-0.15, -0.1) is 0 Å². The van der Waals surface area contributed by atoms with Gasteiger partial charge in [-0.2, -0.15) is 0 Å². The maximum Gasteiger partial charge on any atom is 0.252 e. The van der Waals surface area contributed by atoms with Crippen molar-refractivity contribution in [1.29, 1.82) is 0 Å². The first kappa shape index (κ1) is 31.5. The summed E-state index contributed by atoms with van der Waals surface area (Å²) in [6.07, 6.45) is 5.63. The Morgan fingerprint density at radius 3 is 1.98 bits per heavy atom. The number of hydrogen-bond donors (Lipinski definition) is 3. The van der Waals surface area contributed by atoms with Gasteiger partial charge in [0.25, 0.3) is 11.8 Å². The number of amides is 3. The molecule has 0 radical (unpaired) electrons. The molecule has 0 bridgehead atoms. The minimum absolute atomic E-state index is 0.0809. The van der Waals surface area contributed by atoms with Gasteiger partial charge in [0.15, 0.2) is 0 Å². The summed E-state index contributed by atoms with van der Waals surface area (Å²) >= 11 is 0. The summed E-state index contributed by atoms with van der Waals surface area (Å²) in [5, 5.41) is 9.43. The number of ether oxygens (including phenoxy) is 1. The second-order valence-corrected chi connectivity index (χ2v) is 11.7. The molecule has 0 heterocycles. The topological polar surface area (TPSA) is 96.5 Å². The zero-order chi connectivity index (χ0) is 31.5. The van der Waals surface area contributed by atoms with Crippen LogP contribution in [0.1, 0.15) is 59.2 Å². The molecule has 4 aromatic rings. The Morgan fingerprint density at radius 2 is 1.36 bits per heavy atom. The molecule has 0 spiro atoms. The maximum atomic E-state index is 14.8. The highest BCUT2D eigenvalue weighted by Crippen LogP contribution is 2.29. The molecule has 1 saturated carbocycles. The molecule has 0 saturated heterocycles. The Labute approximate surface area is 265 Å². The molecular weight excluding hydrogens is 562 g/mol. The van der Waals surface area contributed by atoms with Gasteiger partial charge >= 0.3 is 0 Å². The Balaban J connectivity index is 1.54. The van der Waals surface area contributed by atoms with Crippen molar-refractivity contribution in [2.45, 2.75) is 62.6 Å². The summed E-state index contributed by atoms with van der Waals surface area (Å²) in [7, 11) is 1.60. The van der Waals surface area contributed by atoms with E-state index in [9.17, 15) is 14.4 Å². The van der Waals surface area contributed by atoms with Gasteiger partial charge in [0.2, 0.25) is 5.91 Å². The monoisotopic (exact) mass is 603 g/mol. The molecule has 232 valence electrons. The first-order valence-electron chi connectivity index (χ1n) is 15.7. The van der Waals surface area contributed by atoms with E-state index in [1.165, 1.54) is 6.42 Å². The maximum absolute atomic E-state index is 14.8. The summed E-state index contributed by atoms with van der Waals surface area (Å²) in [5.41, 5.74) is 1.23. The van der Waals surface area contributed by atoms with Gasteiger partial charge in [0, 0.05) is 24.4 Å².